The molecule has 0 aliphatic carbocycles. The van der Waals surface area contributed by atoms with Crippen LogP contribution in [0.4, 0.5) is 0 Å². The normalized spacial score (nSPS) is 14.5. The Labute approximate surface area is 99.9 Å². The molecular weight excluding hydrogens is 212 g/mol. The molecular formula is C15H11O2. The van der Waals surface area contributed by atoms with Crippen molar-refractivity contribution in [3.8, 4) is 0 Å². The molecule has 1 heterocycles. The maximum Gasteiger partial charge on any atom is 0.339 e. The van der Waals surface area contributed by atoms with Gasteiger partial charge in [-0.25, -0.2) is 4.79 Å². The highest BCUT2D eigenvalue weighted by atomic mass is 16.5. The van der Waals surface area contributed by atoms with Gasteiger partial charge in [0.2, 0.25) is 0 Å². The summed E-state index contributed by atoms with van der Waals surface area (Å²) in [5.74, 6) is -0.244. The van der Waals surface area contributed by atoms with Crippen LogP contribution in [0.15, 0.2) is 54.6 Å². The zero-order valence-electron chi connectivity index (χ0n) is 9.22. The number of cyclic esters (lactones) is 1. The van der Waals surface area contributed by atoms with Gasteiger partial charge in [0.1, 0.15) is 0 Å². The van der Waals surface area contributed by atoms with E-state index in [1.807, 2.05) is 48.5 Å². The average molecular weight is 223 g/mol. The smallest absolute Gasteiger partial charge is 0.339 e. The monoisotopic (exact) mass is 223 g/mol. The second-order valence-corrected chi connectivity index (χ2v) is 4.02. The van der Waals surface area contributed by atoms with Crippen molar-refractivity contribution in [2.24, 2.45) is 0 Å². The first-order valence-electron chi connectivity index (χ1n) is 5.56. The molecule has 0 spiro atoms. The standard InChI is InChI=1S/C15H11O2/c16-15-13-9-5-4-8-12(13)14(17-15)10-11-6-2-1-3-7-11/h1-9H,10H2. The number of hydrogen-bond acceptors (Lipinski definition) is 2. The van der Waals surface area contributed by atoms with Crippen LogP contribution in [-0.2, 0) is 11.2 Å². The van der Waals surface area contributed by atoms with Crippen molar-refractivity contribution < 1.29 is 9.53 Å². The lowest BCUT2D eigenvalue weighted by atomic mass is 9.99. The van der Waals surface area contributed by atoms with Gasteiger partial charge < -0.3 is 4.74 Å². The molecule has 0 unspecified atom stereocenters. The van der Waals surface area contributed by atoms with Crippen molar-refractivity contribution in [3.63, 3.8) is 0 Å². The van der Waals surface area contributed by atoms with Gasteiger partial charge in [0.15, 0.2) is 6.10 Å². The number of carbonyl (C=O) groups excluding carboxylic acids is 1. The van der Waals surface area contributed by atoms with Crippen molar-refractivity contribution in [2.75, 3.05) is 0 Å². The molecule has 17 heavy (non-hydrogen) atoms. The van der Waals surface area contributed by atoms with E-state index in [4.69, 9.17) is 4.74 Å². The minimum Gasteiger partial charge on any atom is -0.445 e. The van der Waals surface area contributed by atoms with Crippen LogP contribution in [0.2, 0.25) is 0 Å². The van der Waals surface area contributed by atoms with E-state index in [-0.39, 0.29) is 5.97 Å². The summed E-state index contributed by atoms with van der Waals surface area (Å²) in [4.78, 5) is 11.6. The van der Waals surface area contributed by atoms with Gasteiger partial charge in [-0.15, -0.1) is 0 Å². The molecule has 3 rings (SSSR count). The third kappa shape index (κ3) is 1.82. The molecule has 2 aromatic rings. The highest BCUT2D eigenvalue weighted by molar-refractivity contribution is 5.95. The summed E-state index contributed by atoms with van der Waals surface area (Å²) < 4.78 is 5.31. The Morgan fingerprint density at radius 3 is 2.24 bits per heavy atom. The summed E-state index contributed by atoms with van der Waals surface area (Å²) in [6, 6.07) is 17.5. The first-order valence-corrected chi connectivity index (χ1v) is 5.56. The third-order valence-electron chi connectivity index (χ3n) is 2.87. The Morgan fingerprint density at radius 2 is 1.47 bits per heavy atom. The van der Waals surface area contributed by atoms with Crippen LogP contribution >= 0.6 is 0 Å². The van der Waals surface area contributed by atoms with E-state index in [0.717, 1.165) is 17.2 Å². The second kappa shape index (κ2) is 4.06. The van der Waals surface area contributed by atoms with Gasteiger partial charge in [-0.05, 0) is 11.6 Å². The summed E-state index contributed by atoms with van der Waals surface area (Å²) in [6.45, 7) is 0. The van der Waals surface area contributed by atoms with Crippen LogP contribution in [0, 0.1) is 6.10 Å². The van der Waals surface area contributed by atoms with Crippen LogP contribution in [0.1, 0.15) is 21.5 Å². The van der Waals surface area contributed by atoms with Crippen LogP contribution in [0.5, 0.6) is 0 Å². The van der Waals surface area contributed by atoms with Crippen molar-refractivity contribution in [1.29, 1.82) is 0 Å². The lowest BCUT2D eigenvalue weighted by Gasteiger charge is -2.08. The van der Waals surface area contributed by atoms with Gasteiger partial charge in [-0.1, -0.05) is 48.5 Å². The van der Waals surface area contributed by atoms with Gasteiger partial charge in [0, 0.05) is 12.0 Å². The molecule has 0 fully saturated rings. The quantitative estimate of drug-likeness (QED) is 0.731. The van der Waals surface area contributed by atoms with Gasteiger partial charge in [0.25, 0.3) is 0 Å². The molecule has 2 heteroatoms. The van der Waals surface area contributed by atoms with E-state index >= 15 is 0 Å². The molecule has 1 aliphatic heterocycles. The molecule has 1 radical (unpaired) electrons. The SMILES string of the molecule is O=C1O[C](Cc2ccccc2)c2ccccc21. The number of carbonyl (C=O) groups is 1. The van der Waals surface area contributed by atoms with Crippen molar-refractivity contribution >= 4 is 5.97 Å². The molecule has 2 aromatic carbocycles. The Kier molecular flexibility index (Phi) is 2.41. The summed E-state index contributed by atoms with van der Waals surface area (Å²) in [7, 11) is 0. The molecule has 0 saturated carbocycles. The Hall–Kier alpha value is -2.09. The number of fused-ring (bicyclic) bond motifs is 1. The lowest BCUT2D eigenvalue weighted by molar-refractivity contribution is 0.0597. The summed E-state index contributed by atoms with van der Waals surface area (Å²) >= 11 is 0. The molecule has 0 saturated heterocycles. The van der Waals surface area contributed by atoms with Gasteiger partial charge >= 0.3 is 5.97 Å². The van der Waals surface area contributed by atoms with Crippen molar-refractivity contribution in [3.05, 3.63) is 77.4 Å². The predicted octanol–water partition coefficient (Wildman–Crippen LogP) is 2.98. The average Bonchev–Trinajstić information content (AvgIpc) is 2.69. The van der Waals surface area contributed by atoms with Gasteiger partial charge in [-0.3, -0.25) is 0 Å². The first kappa shape index (κ1) is 10.1. The topological polar surface area (TPSA) is 26.3 Å². The molecule has 0 amide bonds. The molecule has 1 aliphatic rings. The van der Waals surface area contributed by atoms with E-state index in [9.17, 15) is 4.79 Å². The lowest BCUT2D eigenvalue weighted by Crippen LogP contribution is -2.03. The van der Waals surface area contributed by atoms with E-state index in [1.165, 1.54) is 0 Å². The van der Waals surface area contributed by atoms with E-state index in [2.05, 4.69) is 0 Å². The maximum atomic E-state index is 11.6. The molecule has 0 bridgehead atoms. The number of benzene rings is 2. The fraction of sp³-hybridized carbons (Fsp3) is 0.0667. The summed E-state index contributed by atoms with van der Waals surface area (Å²) in [6.07, 6.45) is 1.40. The largest absolute Gasteiger partial charge is 0.445 e. The van der Waals surface area contributed by atoms with Crippen LogP contribution < -0.4 is 0 Å². The zero-order valence-corrected chi connectivity index (χ0v) is 9.22. The third-order valence-corrected chi connectivity index (χ3v) is 2.87. The number of hydrogen-bond donors (Lipinski definition) is 0. The van der Waals surface area contributed by atoms with Crippen LogP contribution in [-0.4, -0.2) is 5.97 Å². The zero-order chi connectivity index (χ0) is 11.7. The van der Waals surface area contributed by atoms with Gasteiger partial charge in [-0.2, -0.15) is 0 Å². The molecule has 0 N–H and O–H groups in total. The summed E-state index contributed by atoms with van der Waals surface area (Å²) in [5.41, 5.74) is 2.73. The number of ether oxygens (including phenoxy) is 1. The number of esters is 1. The Morgan fingerprint density at radius 1 is 0.824 bits per heavy atom. The van der Waals surface area contributed by atoms with E-state index < -0.39 is 0 Å². The minimum atomic E-state index is -0.244. The molecule has 83 valence electrons. The molecule has 0 aromatic heterocycles. The summed E-state index contributed by atoms with van der Waals surface area (Å²) in [5, 5.41) is 0. The minimum absolute atomic E-state index is 0.244. The second-order valence-electron chi connectivity index (χ2n) is 4.02. The van der Waals surface area contributed by atoms with E-state index in [0.29, 0.717) is 12.0 Å². The maximum absolute atomic E-state index is 11.6. The number of rotatable bonds is 2. The molecule has 2 nitrogen and oxygen atoms in total. The highest BCUT2D eigenvalue weighted by Crippen LogP contribution is 2.31. The highest BCUT2D eigenvalue weighted by Gasteiger charge is 2.31. The van der Waals surface area contributed by atoms with Gasteiger partial charge in [0.05, 0.1) is 5.56 Å². The Bertz CT molecular complexity index is 546. The Balaban J connectivity index is 1.90. The predicted molar refractivity (Wildman–Crippen MR) is 64.3 cm³/mol. The van der Waals surface area contributed by atoms with Crippen LogP contribution in [0.25, 0.3) is 0 Å². The van der Waals surface area contributed by atoms with E-state index in [1.54, 1.807) is 6.07 Å². The fourth-order valence-corrected chi connectivity index (χ4v) is 2.04. The first-order chi connectivity index (χ1) is 8.34. The fourth-order valence-electron chi connectivity index (χ4n) is 2.04. The van der Waals surface area contributed by atoms with Crippen molar-refractivity contribution in [2.45, 2.75) is 6.42 Å². The molecule has 0 atom stereocenters. The van der Waals surface area contributed by atoms with Crippen molar-refractivity contribution in [1.82, 2.24) is 0 Å². The van der Waals surface area contributed by atoms with Crippen LogP contribution in [0.3, 0.4) is 0 Å².